The van der Waals surface area contributed by atoms with E-state index in [0.717, 1.165) is 32.0 Å². The molecule has 0 N–H and O–H groups in total. The molecule has 1 aromatic carbocycles. The number of benzene rings is 1. The van der Waals surface area contributed by atoms with Crippen LogP contribution in [0.1, 0.15) is 45.6 Å². The highest BCUT2D eigenvalue weighted by Gasteiger charge is 2.39. The van der Waals surface area contributed by atoms with Gasteiger partial charge in [0.15, 0.2) is 0 Å². The van der Waals surface area contributed by atoms with Crippen molar-refractivity contribution < 1.29 is 4.74 Å². The Labute approximate surface area is 150 Å². The van der Waals surface area contributed by atoms with Crippen LogP contribution in [0.5, 0.6) is 0 Å². The molecule has 1 fully saturated rings. The van der Waals surface area contributed by atoms with Gasteiger partial charge in [-0.3, -0.25) is 4.90 Å². The summed E-state index contributed by atoms with van der Waals surface area (Å²) in [6, 6.07) is 15.3. The zero-order valence-electron chi connectivity index (χ0n) is 16.1. The summed E-state index contributed by atoms with van der Waals surface area (Å²) in [6.45, 7) is 11.5. The second-order valence-electron chi connectivity index (χ2n) is 7.32. The topological polar surface area (TPSA) is 12.5 Å². The summed E-state index contributed by atoms with van der Waals surface area (Å²) in [7, 11) is -1.19. The van der Waals surface area contributed by atoms with Gasteiger partial charge in [-0.1, -0.05) is 75.7 Å². The monoisotopic (exact) mass is 347 g/mol. The van der Waals surface area contributed by atoms with E-state index in [1.54, 1.807) is 0 Å². The maximum Gasteiger partial charge on any atom is 0.0721 e. The third kappa shape index (κ3) is 5.17. The molecular formula is C21H37NOSi. The van der Waals surface area contributed by atoms with Gasteiger partial charge in [0, 0.05) is 18.8 Å². The molecule has 1 aliphatic heterocycles. The number of ether oxygens (including phenoxy) is 1. The highest BCUT2D eigenvalue weighted by Crippen LogP contribution is 2.31. The van der Waals surface area contributed by atoms with Crippen LogP contribution in [0.3, 0.4) is 0 Å². The predicted octanol–water partition coefficient (Wildman–Crippen LogP) is 5.15. The molecule has 0 aliphatic carbocycles. The van der Waals surface area contributed by atoms with E-state index in [1.807, 2.05) is 0 Å². The van der Waals surface area contributed by atoms with Crippen LogP contribution in [-0.2, 0) is 11.2 Å². The first-order valence-corrected chi connectivity index (χ1v) is 12.8. The Hall–Kier alpha value is -0.643. The van der Waals surface area contributed by atoms with E-state index < -0.39 is 8.07 Å². The van der Waals surface area contributed by atoms with Crippen molar-refractivity contribution in [2.45, 2.75) is 70.3 Å². The zero-order chi connectivity index (χ0) is 17.3. The van der Waals surface area contributed by atoms with E-state index in [-0.39, 0.29) is 0 Å². The van der Waals surface area contributed by atoms with Crippen LogP contribution in [-0.4, -0.2) is 44.9 Å². The Morgan fingerprint density at radius 2 is 1.58 bits per heavy atom. The average Bonchev–Trinajstić information content (AvgIpc) is 2.66. The molecule has 1 aromatic rings. The fourth-order valence-corrected chi connectivity index (χ4v) is 9.30. The Morgan fingerprint density at radius 1 is 0.958 bits per heavy atom. The van der Waals surface area contributed by atoms with E-state index in [9.17, 15) is 0 Å². The largest absolute Gasteiger partial charge is 0.379 e. The second-order valence-corrected chi connectivity index (χ2v) is 12.8. The lowest BCUT2D eigenvalue weighted by Crippen LogP contribution is -2.58. The first-order valence-electron chi connectivity index (χ1n) is 10.1. The Balaban J connectivity index is 1.94. The van der Waals surface area contributed by atoms with Gasteiger partial charge in [0.05, 0.1) is 21.3 Å². The molecule has 2 nitrogen and oxygen atoms in total. The molecule has 1 saturated heterocycles. The number of unbranched alkanes of at least 4 members (excludes halogenated alkanes) is 1. The van der Waals surface area contributed by atoms with Crippen molar-refractivity contribution in [3.05, 3.63) is 35.9 Å². The van der Waals surface area contributed by atoms with Gasteiger partial charge in [-0.2, -0.15) is 0 Å². The summed E-state index contributed by atoms with van der Waals surface area (Å²) >= 11 is 0. The molecule has 2 rings (SSSR count). The number of hydrogen-bond acceptors (Lipinski definition) is 2. The number of morpholine rings is 1. The lowest BCUT2D eigenvalue weighted by atomic mass is 10.1. The fourth-order valence-electron chi connectivity index (χ4n) is 4.53. The van der Waals surface area contributed by atoms with Crippen molar-refractivity contribution >= 4 is 8.07 Å². The normalized spacial score (nSPS) is 17.8. The summed E-state index contributed by atoms with van der Waals surface area (Å²) in [4.78, 5) is 2.80. The van der Waals surface area contributed by atoms with Crippen LogP contribution in [0, 0.1) is 0 Å². The Kier molecular flexibility index (Phi) is 8.50. The molecule has 1 atom stereocenters. The predicted molar refractivity (Wildman–Crippen MR) is 107 cm³/mol. The molecule has 1 aliphatic rings. The van der Waals surface area contributed by atoms with E-state index >= 15 is 0 Å². The number of rotatable bonds is 10. The molecule has 0 bridgehead atoms. The highest BCUT2D eigenvalue weighted by molar-refractivity contribution is 6.81. The third-order valence-corrected chi connectivity index (χ3v) is 12.6. The van der Waals surface area contributed by atoms with Crippen molar-refractivity contribution in [2.24, 2.45) is 0 Å². The maximum absolute atomic E-state index is 5.62. The maximum atomic E-state index is 5.62. The van der Waals surface area contributed by atoms with E-state index in [4.69, 9.17) is 4.74 Å². The van der Waals surface area contributed by atoms with Crippen LogP contribution in [0.2, 0.25) is 18.1 Å². The van der Waals surface area contributed by atoms with Crippen molar-refractivity contribution in [3.63, 3.8) is 0 Å². The summed E-state index contributed by atoms with van der Waals surface area (Å²) in [5.41, 5.74) is 2.35. The minimum Gasteiger partial charge on any atom is -0.379 e. The minimum atomic E-state index is -1.19. The van der Waals surface area contributed by atoms with Gasteiger partial charge < -0.3 is 4.74 Å². The molecule has 0 spiro atoms. The molecule has 24 heavy (non-hydrogen) atoms. The van der Waals surface area contributed by atoms with Crippen LogP contribution >= 0.6 is 0 Å². The van der Waals surface area contributed by atoms with Gasteiger partial charge in [0.2, 0.25) is 0 Å². The molecular weight excluding hydrogens is 310 g/mol. The van der Waals surface area contributed by atoms with Gasteiger partial charge in [0.1, 0.15) is 0 Å². The number of nitrogens with zero attached hydrogens (tertiary/aromatic N) is 1. The van der Waals surface area contributed by atoms with Crippen LogP contribution in [0.25, 0.3) is 0 Å². The summed E-state index contributed by atoms with van der Waals surface area (Å²) in [5.74, 6) is 0. The molecule has 136 valence electrons. The first kappa shape index (κ1) is 19.7. The van der Waals surface area contributed by atoms with Crippen LogP contribution in [0.15, 0.2) is 30.3 Å². The second kappa shape index (κ2) is 10.4. The van der Waals surface area contributed by atoms with Gasteiger partial charge >= 0.3 is 0 Å². The van der Waals surface area contributed by atoms with Gasteiger partial charge in [-0.05, 0) is 24.8 Å². The first-order chi connectivity index (χ1) is 11.8. The lowest BCUT2D eigenvalue weighted by molar-refractivity contribution is 0.0273. The average molecular weight is 348 g/mol. The molecule has 0 amide bonds. The number of aryl methyl sites for hydroxylation is 1. The van der Waals surface area contributed by atoms with Crippen molar-refractivity contribution in [3.8, 4) is 0 Å². The lowest BCUT2D eigenvalue weighted by Gasteiger charge is -2.45. The standard InChI is InChI=1S/C21H37NOSi/c1-4-24(5-2,6-3)21(22-16-18-23-19-17-22)15-11-10-14-20-12-8-7-9-13-20/h7-9,12-13,21H,4-6,10-11,14-19H2,1-3H3. The summed E-state index contributed by atoms with van der Waals surface area (Å²) in [5, 5.41) is 0. The summed E-state index contributed by atoms with van der Waals surface area (Å²) in [6.07, 6.45) is 5.32. The van der Waals surface area contributed by atoms with E-state index in [0.29, 0.717) is 0 Å². The van der Waals surface area contributed by atoms with Crippen molar-refractivity contribution in [1.29, 1.82) is 0 Å². The van der Waals surface area contributed by atoms with Gasteiger partial charge in [0.25, 0.3) is 0 Å². The van der Waals surface area contributed by atoms with E-state index in [2.05, 4.69) is 56.0 Å². The molecule has 3 heteroatoms. The van der Waals surface area contributed by atoms with Crippen LogP contribution < -0.4 is 0 Å². The fraction of sp³-hybridized carbons (Fsp3) is 0.714. The van der Waals surface area contributed by atoms with Crippen molar-refractivity contribution in [2.75, 3.05) is 26.3 Å². The van der Waals surface area contributed by atoms with Gasteiger partial charge in [-0.25, -0.2) is 0 Å². The minimum absolute atomic E-state index is 0.858. The van der Waals surface area contributed by atoms with Crippen LogP contribution in [0.4, 0.5) is 0 Å². The zero-order valence-corrected chi connectivity index (χ0v) is 17.1. The third-order valence-electron chi connectivity index (χ3n) is 6.34. The summed E-state index contributed by atoms with van der Waals surface area (Å²) < 4.78 is 5.62. The Morgan fingerprint density at radius 3 is 2.17 bits per heavy atom. The molecule has 1 heterocycles. The Bertz CT molecular complexity index is 432. The van der Waals surface area contributed by atoms with Crippen molar-refractivity contribution in [1.82, 2.24) is 4.90 Å². The van der Waals surface area contributed by atoms with Gasteiger partial charge in [-0.15, -0.1) is 0 Å². The molecule has 1 unspecified atom stereocenters. The number of hydrogen-bond donors (Lipinski definition) is 0. The highest BCUT2D eigenvalue weighted by atomic mass is 28.3. The smallest absolute Gasteiger partial charge is 0.0721 e. The quantitative estimate of drug-likeness (QED) is 0.429. The van der Waals surface area contributed by atoms with E-state index in [1.165, 1.54) is 49.4 Å². The molecule has 0 saturated carbocycles. The molecule has 0 aromatic heterocycles. The SMILES string of the molecule is CC[Si](CC)(CC)C(CCCCc1ccccc1)N1CCOCC1. The molecule has 0 radical (unpaired) electrons.